The highest BCUT2D eigenvalue weighted by molar-refractivity contribution is 7.13. The number of hydrogen-bond donors (Lipinski definition) is 0. The zero-order chi connectivity index (χ0) is 15.4. The van der Waals surface area contributed by atoms with E-state index in [1.165, 1.54) is 6.07 Å². The number of hydrogen-bond acceptors (Lipinski definition) is 3. The monoisotopic (exact) mass is 324 g/mol. The molecule has 1 aromatic carbocycles. The van der Waals surface area contributed by atoms with Gasteiger partial charge in [-0.2, -0.15) is 0 Å². The van der Waals surface area contributed by atoms with Gasteiger partial charge < -0.3 is 9.13 Å². The van der Waals surface area contributed by atoms with E-state index in [0.717, 1.165) is 34.7 Å². The van der Waals surface area contributed by atoms with E-state index in [9.17, 15) is 4.39 Å². The number of imidazole rings is 2. The van der Waals surface area contributed by atoms with Crippen LogP contribution in [0.15, 0.2) is 48.4 Å². The molecule has 0 saturated heterocycles. The molecule has 3 heterocycles. The van der Waals surface area contributed by atoms with E-state index in [4.69, 9.17) is 0 Å². The Balaban J connectivity index is 1.71. The molecule has 5 rings (SSSR count). The van der Waals surface area contributed by atoms with Crippen molar-refractivity contribution in [2.75, 3.05) is 0 Å². The number of rotatable bonds is 3. The number of thiophene rings is 1. The fourth-order valence-electron chi connectivity index (χ4n) is 2.95. The quantitative estimate of drug-likeness (QED) is 0.559. The second-order valence-electron chi connectivity index (χ2n) is 5.78. The molecule has 0 amide bonds. The molecule has 1 aliphatic rings. The van der Waals surface area contributed by atoms with Crippen molar-refractivity contribution in [3.05, 3.63) is 54.2 Å². The summed E-state index contributed by atoms with van der Waals surface area (Å²) in [5, 5.41) is 2.07. The fourth-order valence-corrected chi connectivity index (χ4v) is 3.83. The van der Waals surface area contributed by atoms with Crippen LogP contribution in [0.1, 0.15) is 18.9 Å². The van der Waals surface area contributed by atoms with Gasteiger partial charge in [0.1, 0.15) is 5.52 Å². The molecule has 0 N–H and O–H groups in total. The molecule has 6 heteroatoms. The summed E-state index contributed by atoms with van der Waals surface area (Å²) in [4.78, 5) is 9.74. The molecule has 0 unspecified atom stereocenters. The van der Waals surface area contributed by atoms with Crippen LogP contribution in [0.3, 0.4) is 0 Å². The molecule has 3 aromatic heterocycles. The maximum absolute atomic E-state index is 14.1. The van der Waals surface area contributed by atoms with Gasteiger partial charge in [-0.25, -0.2) is 14.4 Å². The second kappa shape index (κ2) is 4.76. The summed E-state index contributed by atoms with van der Waals surface area (Å²) in [7, 11) is 0. The first-order chi connectivity index (χ1) is 11.3. The average Bonchev–Trinajstić information content (AvgIpc) is 2.99. The van der Waals surface area contributed by atoms with Crippen molar-refractivity contribution in [1.82, 2.24) is 19.1 Å². The third kappa shape index (κ3) is 2.02. The molecule has 1 saturated carbocycles. The molecule has 0 bridgehead atoms. The lowest BCUT2D eigenvalue weighted by Gasteiger charge is -2.05. The smallest absolute Gasteiger partial charge is 0.151 e. The van der Waals surface area contributed by atoms with Gasteiger partial charge in [0.25, 0.3) is 0 Å². The Morgan fingerprint density at radius 3 is 2.96 bits per heavy atom. The van der Waals surface area contributed by atoms with Crippen molar-refractivity contribution in [2.45, 2.75) is 18.9 Å². The van der Waals surface area contributed by atoms with Crippen molar-refractivity contribution in [2.24, 2.45) is 0 Å². The van der Waals surface area contributed by atoms with Crippen molar-refractivity contribution >= 4 is 22.4 Å². The van der Waals surface area contributed by atoms with Gasteiger partial charge in [-0.1, -0.05) is 6.07 Å². The van der Waals surface area contributed by atoms with Gasteiger partial charge in [-0.3, -0.25) is 0 Å². The van der Waals surface area contributed by atoms with E-state index < -0.39 is 0 Å². The van der Waals surface area contributed by atoms with Gasteiger partial charge in [0, 0.05) is 23.8 Å². The van der Waals surface area contributed by atoms with E-state index in [-0.39, 0.29) is 5.82 Å². The molecule has 4 aromatic rings. The molecule has 1 aliphatic carbocycles. The minimum Gasteiger partial charge on any atom is -0.320 e. The summed E-state index contributed by atoms with van der Waals surface area (Å²) in [6, 6.07) is 7.72. The highest BCUT2D eigenvalue weighted by atomic mass is 32.1. The van der Waals surface area contributed by atoms with Crippen LogP contribution in [0.4, 0.5) is 4.39 Å². The molecule has 1 fully saturated rings. The number of halogens is 1. The Kier molecular flexibility index (Phi) is 2.69. The minimum absolute atomic E-state index is 0.255. The average molecular weight is 324 g/mol. The number of para-hydroxylation sites is 1. The van der Waals surface area contributed by atoms with E-state index in [2.05, 4.69) is 26.0 Å². The maximum Gasteiger partial charge on any atom is 0.151 e. The zero-order valence-electron chi connectivity index (χ0n) is 12.2. The number of nitrogens with zero attached hydrogens (tertiary/aromatic N) is 4. The van der Waals surface area contributed by atoms with Crippen LogP contribution in [-0.4, -0.2) is 19.1 Å². The van der Waals surface area contributed by atoms with Gasteiger partial charge in [-0.05, 0) is 31.0 Å². The Bertz CT molecular complexity index is 995. The van der Waals surface area contributed by atoms with Crippen molar-refractivity contribution in [3.8, 4) is 16.4 Å². The molecule has 0 aliphatic heterocycles. The van der Waals surface area contributed by atoms with Gasteiger partial charge in [-0.15, -0.1) is 11.3 Å². The first kappa shape index (κ1) is 13.0. The number of fused-ring (bicyclic) bond motifs is 1. The Morgan fingerprint density at radius 2 is 2.17 bits per heavy atom. The van der Waals surface area contributed by atoms with E-state index in [0.29, 0.717) is 11.6 Å². The minimum atomic E-state index is -0.255. The predicted molar refractivity (Wildman–Crippen MR) is 88.4 cm³/mol. The third-order valence-electron chi connectivity index (χ3n) is 4.19. The number of benzene rings is 1. The van der Waals surface area contributed by atoms with Crippen LogP contribution in [0.5, 0.6) is 0 Å². The molecule has 0 atom stereocenters. The van der Waals surface area contributed by atoms with E-state index in [1.54, 1.807) is 29.9 Å². The SMILES string of the molecule is Fc1cccc2c1nc(-c1cc(-n3ccnc3)cs1)n2C1CC1. The lowest BCUT2D eigenvalue weighted by atomic mass is 10.3. The molecule has 23 heavy (non-hydrogen) atoms. The van der Waals surface area contributed by atoms with Crippen LogP contribution in [0, 0.1) is 5.82 Å². The van der Waals surface area contributed by atoms with Crippen LogP contribution in [-0.2, 0) is 0 Å². The highest BCUT2D eigenvalue weighted by Crippen LogP contribution is 2.42. The van der Waals surface area contributed by atoms with Gasteiger partial charge in [0.2, 0.25) is 0 Å². The third-order valence-corrected chi connectivity index (χ3v) is 5.11. The molecular formula is C17H13FN4S. The van der Waals surface area contributed by atoms with Gasteiger partial charge in [0.05, 0.1) is 22.4 Å². The summed E-state index contributed by atoms with van der Waals surface area (Å²) in [6.07, 6.45) is 7.71. The molecule has 4 nitrogen and oxygen atoms in total. The van der Waals surface area contributed by atoms with Crippen LogP contribution in [0.2, 0.25) is 0 Å². The molecule has 114 valence electrons. The Morgan fingerprint density at radius 1 is 1.26 bits per heavy atom. The normalized spacial score (nSPS) is 14.7. The summed E-state index contributed by atoms with van der Waals surface area (Å²) >= 11 is 1.63. The van der Waals surface area contributed by atoms with E-state index >= 15 is 0 Å². The lowest BCUT2D eigenvalue weighted by Crippen LogP contribution is -1.96. The Hall–Kier alpha value is -2.47. The highest BCUT2D eigenvalue weighted by Gasteiger charge is 2.29. The largest absolute Gasteiger partial charge is 0.320 e. The maximum atomic E-state index is 14.1. The molecule has 0 spiro atoms. The Labute approximate surface area is 135 Å². The van der Waals surface area contributed by atoms with Crippen LogP contribution >= 0.6 is 11.3 Å². The summed E-state index contributed by atoms with van der Waals surface area (Å²) in [5.41, 5.74) is 2.41. The van der Waals surface area contributed by atoms with Crippen molar-refractivity contribution < 1.29 is 4.39 Å². The van der Waals surface area contributed by atoms with Crippen molar-refractivity contribution in [1.29, 1.82) is 0 Å². The first-order valence-corrected chi connectivity index (χ1v) is 8.43. The topological polar surface area (TPSA) is 35.6 Å². The number of aromatic nitrogens is 4. The van der Waals surface area contributed by atoms with Crippen LogP contribution in [0.25, 0.3) is 27.4 Å². The standard InChI is InChI=1S/C17H13FN4S/c18-13-2-1-3-14-16(13)20-17(22(14)11-4-5-11)15-8-12(9-23-15)21-7-6-19-10-21/h1-3,6-11H,4-5H2. The fraction of sp³-hybridized carbons (Fsp3) is 0.176. The van der Waals surface area contributed by atoms with Crippen molar-refractivity contribution in [3.63, 3.8) is 0 Å². The lowest BCUT2D eigenvalue weighted by molar-refractivity contribution is 0.637. The summed E-state index contributed by atoms with van der Waals surface area (Å²) < 4.78 is 18.3. The first-order valence-electron chi connectivity index (χ1n) is 7.55. The predicted octanol–water partition coefficient (Wildman–Crippen LogP) is 4.42. The van der Waals surface area contributed by atoms with Gasteiger partial charge in [0.15, 0.2) is 11.6 Å². The van der Waals surface area contributed by atoms with Gasteiger partial charge >= 0.3 is 0 Å². The van der Waals surface area contributed by atoms with E-state index in [1.807, 2.05) is 16.8 Å². The zero-order valence-corrected chi connectivity index (χ0v) is 13.0. The molecule has 0 radical (unpaired) electrons. The molecular weight excluding hydrogens is 311 g/mol. The summed E-state index contributed by atoms with van der Waals surface area (Å²) in [6.45, 7) is 0. The van der Waals surface area contributed by atoms with Crippen LogP contribution < -0.4 is 0 Å². The summed E-state index contributed by atoms with van der Waals surface area (Å²) in [5.74, 6) is 0.610. The second-order valence-corrected chi connectivity index (χ2v) is 6.69.